The van der Waals surface area contributed by atoms with Crippen molar-refractivity contribution in [2.24, 2.45) is 0 Å². The molecule has 0 fully saturated rings. The summed E-state index contributed by atoms with van der Waals surface area (Å²) in [5.74, 6) is -0.392. The van der Waals surface area contributed by atoms with Crippen LogP contribution < -0.4 is 9.80 Å². The number of anilines is 2. The summed E-state index contributed by atoms with van der Waals surface area (Å²) in [4.78, 5) is 22.8. The van der Waals surface area contributed by atoms with E-state index in [1.165, 1.54) is 0 Å². The van der Waals surface area contributed by atoms with E-state index in [-0.39, 0.29) is 0 Å². The number of hydrogen-bond acceptors (Lipinski definition) is 6. The molecule has 1 aliphatic heterocycles. The first-order valence-corrected chi connectivity index (χ1v) is 12.1. The van der Waals surface area contributed by atoms with Crippen molar-refractivity contribution in [1.29, 1.82) is 0 Å². The second-order valence-electron chi connectivity index (χ2n) is 7.97. The number of fused-ring (bicyclic) bond motifs is 1. The zero-order valence-electron chi connectivity index (χ0n) is 19.3. The first-order chi connectivity index (χ1) is 15.5. The summed E-state index contributed by atoms with van der Waals surface area (Å²) in [6.07, 6.45) is 3.70. The number of thioether (sulfide) groups is 1. The average Bonchev–Trinajstić information content (AvgIpc) is 3.13. The average molecular weight is 448 g/mol. The van der Waals surface area contributed by atoms with Gasteiger partial charge in [0.15, 0.2) is 11.3 Å². The van der Waals surface area contributed by atoms with Gasteiger partial charge in [-0.1, -0.05) is 24.3 Å². The molecule has 1 unspecified atom stereocenters. The van der Waals surface area contributed by atoms with E-state index in [0.717, 1.165) is 46.1 Å². The lowest BCUT2D eigenvalue weighted by Gasteiger charge is -2.32. The van der Waals surface area contributed by atoms with Crippen molar-refractivity contribution in [2.45, 2.75) is 24.3 Å². The molecule has 0 bridgehead atoms. The van der Waals surface area contributed by atoms with Gasteiger partial charge in [-0.25, -0.2) is 9.78 Å². The van der Waals surface area contributed by atoms with Gasteiger partial charge in [0.2, 0.25) is 0 Å². The molecular formula is C26H29N3O2S. The fourth-order valence-corrected chi connectivity index (χ4v) is 5.08. The van der Waals surface area contributed by atoms with Crippen molar-refractivity contribution in [2.75, 3.05) is 43.2 Å². The van der Waals surface area contributed by atoms with Crippen molar-refractivity contribution >= 4 is 29.1 Å². The largest absolute Gasteiger partial charge is 0.439 e. The maximum Gasteiger partial charge on any atom is 0.358 e. The molecule has 1 atom stereocenters. The molecule has 2 heterocycles. The van der Waals surface area contributed by atoms with Gasteiger partial charge in [0, 0.05) is 66.3 Å². The van der Waals surface area contributed by atoms with E-state index in [2.05, 4.69) is 77.4 Å². The number of carbonyl (C=O) groups excluding carboxylic acids is 1. The third-order valence-corrected chi connectivity index (χ3v) is 6.89. The first kappa shape index (κ1) is 22.2. The first-order valence-electron chi connectivity index (χ1n) is 10.9. The molecule has 0 radical (unpaired) electrons. The van der Waals surface area contributed by atoms with Gasteiger partial charge in [-0.3, -0.25) is 0 Å². The van der Waals surface area contributed by atoms with Crippen LogP contribution in [0, 0.1) is 0 Å². The highest BCUT2D eigenvalue weighted by molar-refractivity contribution is 7.98. The van der Waals surface area contributed by atoms with Gasteiger partial charge in [0.05, 0.1) is 0 Å². The Balaban J connectivity index is 1.96. The van der Waals surface area contributed by atoms with Crippen LogP contribution >= 0.6 is 11.8 Å². The third kappa shape index (κ3) is 3.52. The molecule has 166 valence electrons. The monoisotopic (exact) mass is 447 g/mol. The SMILES string of the molecule is CCN(CC)c1ccc(C2(c3ccc(N(C)C)cc3SC)OC(=O)c3ncccc32)cc1. The Morgan fingerprint density at radius 1 is 0.969 bits per heavy atom. The Kier molecular flexibility index (Phi) is 6.15. The zero-order chi connectivity index (χ0) is 22.9. The van der Waals surface area contributed by atoms with E-state index in [1.54, 1.807) is 18.0 Å². The highest BCUT2D eigenvalue weighted by Crippen LogP contribution is 2.49. The maximum atomic E-state index is 13.0. The molecule has 1 aromatic heterocycles. The molecule has 3 aromatic rings. The quantitative estimate of drug-likeness (QED) is 0.367. The molecular weight excluding hydrogens is 418 g/mol. The molecule has 4 rings (SSSR count). The lowest BCUT2D eigenvalue weighted by atomic mass is 9.80. The summed E-state index contributed by atoms with van der Waals surface area (Å²) in [5, 5.41) is 0. The number of aromatic nitrogens is 1. The summed E-state index contributed by atoms with van der Waals surface area (Å²) >= 11 is 1.65. The number of carbonyl (C=O) groups is 1. The van der Waals surface area contributed by atoms with Crippen LogP contribution in [0.4, 0.5) is 11.4 Å². The highest BCUT2D eigenvalue weighted by atomic mass is 32.2. The minimum absolute atomic E-state index is 0.379. The zero-order valence-corrected chi connectivity index (χ0v) is 20.1. The molecule has 0 spiro atoms. The van der Waals surface area contributed by atoms with Crippen LogP contribution in [-0.4, -0.2) is 44.4 Å². The smallest absolute Gasteiger partial charge is 0.358 e. The Labute approximate surface area is 194 Å². The third-order valence-electron chi connectivity index (χ3n) is 6.11. The minimum atomic E-state index is -1.04. The van der Waals surface area contributed by atoms with Crippen LogP contribution in [0.15, 0.2) is 65.7 Å². The Bertz CT molecular complexity index is 1130. The highest BCUT2D eigenvalue weighted by Gasteiger charge is 2.50. The number of hydrogen-bond donors (Lipinski definition) is 0. The topological polar surface area (TPSA) is 45.7 Å². The summed E-state index contributed by atoms with van der Waals surface area (Å²) in [5.41, 5.74) is 4.25. The van der Waals surface area contributed by atoms with Crippen molar-refractivity contribution in [1.82, 2.24) is 4.98 Å². The second kappa shape index (κ2) is 8.87. The molecule has 0 amide bonds. The van der Waals surface area contributed by atoms with Crippen molar-refractivity contribution in [3.05, 3.63) is 83.2 Å². The van der Waals surface area contributed by atoms with Crippen LogP contribution in [0.3, 0.4) is 0 Å². The van der Waals surface area contributed by atoms with E-state index in [1.807, 2.05) is 26.2 Å². The van der Waals surface area contributed by atoms with E-state index < -0.39 is 11.6 Å². The van der Waals surface area contributed by atoms with Crippen LogP contribution in [0.2, 0.25) is 0 Å². The summed E-state index contributed by atoms with van der Waals surface area (Å²) in [6, 6.07) is 18.5. The van der Waals surface area contributed by atoms with E-state index in [9.17, 15) is 4.79 Å². The Morgan fingerprint density at radius 2 is 1.66 bits per heavy atom. The van der Waals surface area contributed by atoms with Crippen molar-refractivity contribution in [3.63, 3.8) is 0 Å². The number of rotatable bonds is 7. The Morgan fingerprint density at radius 3 is 2.28 bits per heavy atom. The van der Waals surface area contributed by atoms with Crippen molar-refractivity contribution < 1.29 is 9.53 Å². The van der Waals surface area contributed by atoms with Gasteiger partial charge in [-0.05, 0) is 50.4 Å². The van der Waals surface area contributed by atoms with Crippen LogP contribution in [0.25, 0.3) is 0 Å². The predicted octanol–water partition coefficient (Wildman–Crippen LogP) is 5.18. The fourth-order valence-electron chi connectivity index (χ4n) is 4.41. The number of ether oxygens (including phenoxy) is 1. The van der Waals surface area contributed by atoms with Gasteiger partial charge in [-0.2, -0.15) is 0 Å². The predicted molar refractivity (Wildman–Crippen MR) is 132 cm³/mol. The summed E-state index contributed by atoms with van der Waals surface area (Å²) in [7, 11) is 4.05. The van der Waals surface area contributed by atoms with E-state index in [0.29, 0.717) is 5.69 Å². The molecule has 0 aliphatic carbocycles. The normalized spacial score (nSPS) is 17.1. The number of benzene rings is 2. The van der Waals surface area contributed by atoms with Crippen molar-refractivity contribution in [3.8, 4) is 0 Å². The molecule has 5 nitrogen and oxygen atoms in total. The second-order valence-corrected chi connectivity index (χ2v) is 8.82. The van der Waals surface area contributed by atoms with Gasteiger partial charge in [0.25, 0.3) is 0 Å². The molecule has 0 N–H and O–H groups in total. The maximum absolute atomic E-state index is 13.0. The number of pyridine rings is 1. The molecule has 32 heavy (non-hydrogen) atoms. The lowest BCUT2D eigenvalue weighted by Crippen LogP contribution is -2.30. The fraction of sp³-hybridized carbons (Fsp3) is 0.308. The summed E-state index contributed by atoms with van der Waals surface area (Å²) < 4.78 is 6.25. The molecule has 0 saturated heterocycles. The van der Waals surface area contributed by atoms with Crippen LogP contribution in [0.1, 0.15) is 41.0 Å². The standard InChI is InChI=1S/C26H29N3O2S/c1-6-29(7-2)19-12-10-18(11-13-19)26(22-9-8-16-27-24(22)25(30)31-26)21-15-14-20(28(3)4)17-23(21)32-5/h8-17H,6-7H2,1-5H3. The molecule has 6 heteroatoms. The van der Waals surface area contributed by atoms with Gasteiger partial charge < -0.3 is 14.5 Å². The van der Waals surface area contributed by atoms with E-state index in [4.69, 9.17) is 4.74 Å². The lowest BCUT2D eigenvalue weighted by molar-refractivity contribution is 0.0241. The number of nitrogens with zero attached hydrogens (tertiary/aromatic N) is 3. The molecule has 1 aliphatic rings. The van der Waals surface area contributed by atoms with Gasteiger partial charge in [0.1, 0.15) is 0 Å². The van der Waals surface area contributed by atoms with Crippen LogP contribution in [0.5, 0.6) is 0 Å². The Hall–Kier alpha value is -2.99. The van der Waals surface area contributed by atoms with E-state index >= 15 is 0 Å². The minimum Gasteiger partial charge on any atom is -0.439 e. The van der Waals surface area contributed by atoms with Gasteiger partial charge >= 0.3 is 5.97 Å². The molecule has 0 saturated carbocycles. The summed E-state index contributed by atoms with van der Waals surface area (Å²) in [6.45, 7) is 6.17. The number of cyclic esters (lactones) is 1. The van der Waals surface area contributed by atoms with Gasteiger partial charge in [-0.15, -0.1) is 11.8 Å². The number of esters is 1. The van der Waals surface area contributed by atoms with Crippen LogP contribution in [-0.2, 0) is 10.3 Å². The molecule has 2 aromatic carbocycles.